The Morgan fingerprint density at radius 2 is 1.32 bits per heavy atom. The van der Waals surface area contributed by atoms with Crippen LogP contribution in [-0.4, -0.2) is 24.6 Å². The van der Waals surface area contributed by atoms with Gasteiger partial charge in [-0.05, 0) is 47.5 Å². The molecule has 3 aromatic heterocycles. The van der Waals surface area contributed by atoms with Crippen molar-refractivity contribution >= 4 is 11.0 Å². The van der Waals surface area contributed by atoms with E-state index < -0.39 is 0 Å². The molecule has 0 aliphatic carbocycles. The van der Waals surface area contributed by atoms with Gasteiger partial charge in [0.2, 0.25) is 0 Å². The van der Waals surface area contributed by atoms with Crippen molar-refractivity contribution in [2.45, 2.75) is 0 Å². The van der Waals surface area contributed by atoms with Crippen LogP contribution in [0.4, 0.5) is 0 Å². The fourth-order valence-electron chi connectivity index (χ4n) is 5.14. The molecule has 4 aromatic carbocycles. The molecular weight excluding hydrogens is 492 g/mol. The van der Waals surface area contributed by atoms with Gasteiger partial charge >= 0.3 is 0 Å². The Morgan fingerprint density at radius 1 is 0.575 bits per heavy atom. The molecule has 0 unspecified atom stereocenters. The monoisotopic (exact) mass is 516 g/mol. The first-order valence-corrected chi connectivity index (χ1v) is 13.1. The molecule has 1 N–H and O–H groups in total. The lowest BCUT2D eigenvalue weighted by atomic mass is 9.99. The quantitative estimate of drug-likeness (QED) is 0.250. The molecule has 5 heteroatoms. The van der Waals surface area contributed by atoms with Gasteiger partial charge in [-0.2, -0.15) is 0 Å². The van der Waals surface area contributed by atoms with E-state index in [-0.39, 0.29) is 5.75 Å². The van der Waals surface area contributed by atoms with Gasteiger partial charge in [0.25, 0.3) is 0 Å². The predicted molar refractivity (Wildman–Crippen MR) is 160 cm³/mol. The Kier molecular flexibility index (Phi) is 5.87. The highest BCUT2D eigenvalue weighted by Gasteiger charge is 2.19. The van der Waals surface area contributed by atoms with Gasteiger partial charge in [-0.25, -0.2) is 4.98 Å². The van der Waals surface area contributed by atoms with Crippen molar-refractivity contribution in [3.8, 4) is 56.3 Å². The van der Waals surface area contributed by atoms with Gasteiger partial charge < -0.3 is 5.11 Å². The number of hydrogen-bond acceptors (Lipinski definition) is 4. The molecule has 0 saturated carbocycles. The third kappa shape index (κ3) is 4.20. The Balaban J connectivity index is 1.36. The van der Waals surface area contributed by atoms with Crippen molar-refractivity contribution in [1.29, 1.82) is 0 Å². The summed E-state index contributed by atoms with van der Waals surface area (Å²) in [7, 11) is 0. The summed E-state index contributed by atoms with van der Waals surface area (Å²) >= 11 is 0. The summed E-state index contributed by atoms with van der Waals surface area (Å²) in [5.41, 5.74) is 9.60. The summed E-state index contributed by atoms with van der Waals surface area (Å²) < 4.78 is 2.08. The summed E-state index contributed by atoms with van der Waals surface area (Å²) in [5.74, 6) is 0.742. The molecular formula is C35H24N4O. The molecule has 0 amide bonds. The highest BCUT2D eigenvalue weighted by molar-refractivity contribution is 5.96. The maximum absolute atomic E-state index is 10.7. The van der Waals surface area contributed by atoms with Crippen molar-refractivity contribution in [3.63, 3.8) is 0 Å². The predicted octanol–water partition coefficient (Wildman–Crippen LogP) is 8.19. The number of hydrogen-bond donors (Lipinski definition) is 1. The Hall–Kier alpha value is -5.55. The van der Waals surface area contributed by atoms with Crippen LogP contribution in [-0.2, 0) is 0 Å². The number of aromatic nitrogens is 4. The number of imidazole rings is 1. The standard InChI is InChI=1S/C35H24N4O/c40-33-23-36-20-19-30(33)35-38-34-29(15-8-16-32(34)39(35)28-13-5-2-6-14-28)25-11-7-12-26(21-25)31-18-17-27(22-37-31)24-9-3-1-4-10-24/h1-23,40H. The molecule has 0 aliphatic heterocycles. The topological polar surface area (TPSA) is 63.8 Å². The van der Waals surface area contributed by atoms with E-state index in [1.54, 1.807) is 12.3 Å². The fourth-order valence-corrected chi connectivity index (χ4v) is 5.14. The van der Waals surface area contributed by atoms with E-state index in [1.807, 2.05) is 54.7 Å². The van der Waals surface area contributed by atoms with Crippen molar-refractivity contribution < 1.29 is 5.11 Å². The maximum atomic E-state index is 10.7. The molecule has 0 saturated heterocycles. The minimum absolute atomic E-state index is 0.0866. The average molecular weight is 517 g/mol. The van der Waals surface area contributed by atoms with Crippen LogP contribution < -0.4 is 0 Å². The smallest absolute Gasteiger partial charge is 0.149 e. The fraction of sp³-hybridized carbons (Fsp3) is 0. The van der Waals surface area contributed by atoms with E-state index in [1.165, 1.54) is 6.20 Å². The second-order valence-corrected chi connectivity index (χ2v) is 9.55. The summed E-state index contributed by atoms with van der Waals surface area (Å²) in [5, 5.41) is 10.7. The normalized spacial score (nSPS) is 11.1. The number of para-hydroxylation sites is 2. The van der Waals surface area contributed by atoms with E-state index >= 15 is 0 Å². The lowest BCUT2D eigenvalue weighted by Crippen LogP contribution is -1.97. The molecule has 5 nitrogen and oxygen atoms in total. The second kappa shape index (κ2) is 9.97. The number of benzene rings is 4. The first-order valence-electron chi connectivity index (χ1n) is 13.1. The SMILES string of the molecule is Oc1cnccc1-c1nc2c(-c3cccc(-c4ccc(-c5ccccc5)cn4)c3)cccc2n1-c1ccccc1. The summed E-state index contributed by atoms with van der Waals surface area (Å²) in [6.07, 6.45) is 5.04. The molecule has 0 aliphatic rings. The third-order valence-electron chi connectivity index (χ3n) is 7.08. The minimum atomic E-state index is 0.0866. The van der Waals surface area contributed by atoms with E-state index in [4.69, 9.17) is 9.97 Å². The summed E-state index contributed by atoms with van der Waals surface area (Å²) in [6, 6.07) is 40.9. The van der Waals surface area contributed by atoms with Crippen molar-refractivity contribution in [3.05, 3.63) is 140 Å². The lowest BCUT2D eigenvalue weighted by Gasteiger charge is -2.10. The first kappa shape index (κ1) is 23.6. The maximum Gasteiger partial charge on any atom is 0.149 e. The molecule has 7 rings (SSSR count). The number of pyridine rings is 2. The van der Waals surface area contributed by atoms with Crippen LogP contribution in [0.3, 0.4) is 0 Å². The molecule has 0 spiro atoms. The Morgan fingerprint density at radius 3 is 2.10 bits per heavy atom. The second-order valence-electron chi connectivity index (χ2n) is 9.55. The number of aromatic hydroxyl groups is 1. The molecule has 0 fully saturated rings. The van der Waals surface area contributed by atoms with Gasteiger partial charge in [-0.1, -0.05) is 84.9 Å². The first-order chi connectivity index (χ1) is 19.8. The van der Waals surface area contributed by atoms with E-state index in [9.17, 15) is 5.11 Å². The number of rotatable bonds is 5. The van der Waals surface area contributed by atoms with E-state index in [0.29, 0.717) is 11.4 Å². The van der Waals surface area contributed by atoms with Crippen LogP contribution in [0.5, 0.6) is 5.75 Å². The van der Waals surface area contributed by atoms with Crippen LogP contribution in [0, 0.1) is 0 Å². The Bertz CT molecular complexity index is 1950. The van der Waals surface area contributed by atoms with Crippen molar-refractivity contribution in [2.75, 3.05) is 0 Å². The molecule has 0 atom stereocenters. The van der Waals surface area contributed by atoms with Gasteiger partial charge in [0.15, 0.2) is 0 Å². The van der Waals surface area contributed by atoms with Crippen molar-refractivity contribution in [2.24, 2.45) is 0 Å². The molecule has 0 bridgehead atoms. The molecule has 7 aromatic rings. The highest BCUT2D eigenvalue weighted by atomic mass is 16.3. The molecule has 3 heterocycles. The van der Waals surface area contributed by atoms with Crippen LogP contribution in [0.1, 0.15) is 0 Å². The van der Waals surface area contributed by atoms with Gasteiger partial charge in [-0.3, -0.25) is 14.5 Å². The number of nitrogens with zero attached hydrogens (tertiary/aromatic N) is 4. The van der Waals surface area contributed by atoms with E-state index in [2.05, 4.69) is 76.3 Å². The van der Waals surface area contributed by atoms with Crippen LogP contribution in [0.15, 0.2) is 140 Å². The van der Waals surface area contributed by atoms with Gasteiger partial charge in [0, 0.05) is 34.8 Å². The zero-order chi connectivity index (χ0) is 26.9. The Labute approximate surface area is 231 Å². The summed E-state index contributed by atoms with van der Waals surface area (Å²) in [4.78, 5) is 13.9. The summed E-state index contributed by atoms with van der Waals surface area (Å²) in [6.45, 7) is 0. The van der Waals surface area contributed by atoms with Gasteiger partial charge in [0.1, 0.15) is 11.6 Å². The molecule has 40 heavy (non-hydrogen) atoms. The van der Waals surface area contributed by atoms with Gasteiger partial charge in [-0.15, -0.1) is 0 Å². The number of fused-ring (bicyclic) bond motifs is 1. The minimum Gasteiger partial charge on any atom is -0.506 e. The van der Waals surface area contributed by atoms with Crippen LogP contribution in [0.2, 0.25) is 0 Å². The molecule has 190 valence electrons. The zero-order valence-electron chi connectivity index (χ0n) is 21.5. The average Bonchev–Trinajstić information content (AvgIpc) is 3.42. The highest BCUT2D eigenvalue weighted by Crippen LogP contribution is 2.37. The largest absolute Gasteiger partial charge is 0.506 e. The third-order valence-corrected chi connectivity index (χ3v) is 7.08. The lowest BCUT2D eigenvalue weighted by molar-refractivity contribution is 0.474. The van der Waals surface area contributed by atoms with Crippen molar-refractivity contribution in [1.82, 2.24) is 19.5 Å². The van der Waals surface area contributed by atoms with Crippen LogP contribution in [0.25, 0.3) is 61.6 Å². The van der Waals surface area contributed by atoms with Crippen LogP contribution >= 0.6 is 0 Å². The van der Waals surface area contributed by atoms with E-state index in [0.717, 1.165) is 50.2 Å². The zero-order valence-corrected chi connectivity index (χ0v) is 21.5. The van der Waals surface area contributed by atoms with Gasteiger partial charge in [0.05, 0.1) is 28.5 Å². The molecule has 0 radical (unpaired) electrons.